The SMILES string of the molecule is CCCCN1CCC(CN)C1. The van der Waals surface area contributed by atoms with E-state index in [-0.39, 0.29) is 0 Å². The van der Waals surface area contributed by atoms with Gasteiger partial charge >= 0.3 is 0 Å². The summed E-state index contributed by atoms with van der Waals surface area (Å²) in [4.78, 5) is 2.54. The van der Waals surface area contributed by atoms with Crippen LogP contribution in [-0.2, 0) is 0 Å². The lowest BCUT2D eigenvalue weighted by atomic mass is 10.1. The third-order valence-electron chi connectivity index (χ3n) is 2.53. The summed E-state index contributed by atoms with van der Waals surface area (Å²) in [6, 6.07) is 0. The molecule has 1 aliphatic heterocycles. The van der Waals surface area contributed by atoms with Crippen molar-refractivity contribution in [3.63, 3.8) is 0 Å². The number of hydrogen-bond donors (Lipinski definition) is 1. The van der Waals surface area contributed by atoms with Gasteiger partial charge in [-0.1, -0.05) is 13.3 Å². The minimum absolute atomic E-state index is 0.784. The summed E-state index contributed by atoms with van der Waals surface area (Å²) in [7, 11) is 0. The molecule has 0 spiro atoms. The predicted octanol–water partition coefficient (Wildman–Crippen LogP) is 1.07. The van der Waals surface area contributed by atoms with Crippen molar-refractivity contribution < 1.29 is 0 Å². The molecular weight excluding hydrogens is 136 g/mol. The molecule has 0 aromatic rings. The van der Waals surface area contributed by atoms with E-state index in [1.807, 2.05) is 0 Å². The molecule has 0 amide bonds. The highest BCUT2D eigenvalue weighted by Gasteiger charge is 2.19. The van der Waals surface area contributed by atoms with Crippen molar-refractivity contribution in [3.05, 3.63) is 0 Å². The Balaban J connectivity index is 2.09. The minimum Gasteiger partial charge on any atom is -0.330 e. The Morgan fingerprint density at radius 2 is 2.36 bits per heavy atom. The van der Waals surface area contributed by atoms with Gasteiger partial charge < -0.3 is 10.6 Å². The minimum atomic E-state index is 0.784. The highest BCUT2D eigenvalue weighted by atomic mass is 15.1. The maximum atomic E-state index is 5.60. The molecule has 11 heavy (non-hydrogen) atoms. The molecule has 66 valence electrons. The Kier molecular flexibility index (Phi) is 3.87. The summed E-state index contributed by atoms with van der Waals surface area (Å²) in [5.41, 5.74) is 5.60. The second-order valence-corrected chi connectivity index (χ2v) is 3.54. The Morgan fingerprint density at radius 3 is 2.91 bits per heavy atom. The summed E-state index contributed by atoms with van der Waals surface area (Å²) >= 11 is 0. The van der Waals surface area contributed by atoms with Crippen molar-refractivity contribution in [2.45, 2.75) is 26.2 Å². The van der Waals surface area contributed by atoms with Gasteiger partial charge in [-0.3, -0.25) is 0 Å². The van der Waals surface area contributed by atoms with Gasteiger partial charge in [0.1, 0.15) is 0 Å². The quantitative estimate of drug-likeness (QED) is 0.659. The summed E-state index contributed by atoms with van der Waals surface area (Å²) < 4.78 is 0. The van der Waals surface area contributed by atoms with Crippen LogP contribution in [0.1, 0.15) is 26.2 Å². The second-order valence-electron chi connectivity index (χ2n) is 3.54. The molecule has 0 aromatic heterocycles. The summed E-state index contributed by atoms with van der Waals surface area (Å²) in [5, 5.41) is 0. The molecule has 1 heterocycles. The first-order chi connectivity index (χ1) is 5.36. The molecule has 1 saturated heterocycles. The van der Waals surface area contributed by atoms with Crippen LogP contribution in [0.25, 0.3) is 0 Å². The van der Waals surface area contributed by atoms with Gasteiger partial charge in [0.15, 0.2) is 0 Å². The summed E-state index contributed by atoms with van der Waals surface area (Å²) in [5.74, 6) is 0.784. The molecule has 0 saturated carbocycles. The monoisotopic (exact) mass is 156 g/mol. The van der Waals surface area contributed by atoms with Crippen LogP contribution in [-0.4, -0.2) is 31.1 Å². The number of nitrogens with two attached hydrogens (primary N) is 1. The molecular formula is C9H20N2. The lowest BCUT2D eigenvalue weighted by molar-refractivity contribution is 0.319. The van der Waals surface area contributed by atoms with E-state index in [1.54, 1.807) is 0 Å². The fourth-order valence-corrected chi connectivity index (χ4v) is 1.69. The zero-order chi connectivity index (χ0) is 8.10. The fraction of sp³-hybridized carbons (Fsp3) is 1.00. The van der Waals surface area contributed by atoms with Crippen molar-refractivity contribution in [1.29, 1.82) is 0 Å². The molecule has 1 rings (SSSR count). The molecule has 1 atom stereocenters. The van der Waals surface area contributed by atoms with Crippen LogP contribution in [0, 0.1) is 5.92 Å². The van der Waals surface area contributed by atoms with Gasteiger partial charge in [-0.15, -0.1) is 0 Å². The van der Waals surface area contributed by atoms with Crippen LogP contribution in [0.4, 0.5) is 0 Å². The van der Waals surface area contributed by atoms with Crippen molar-refractivity contribution in [1.82, 2.24) is 4.90 Å². The average molecular weight is 156 g/mol. The van der Waals surface area contributed by atoms with E-state index >= 15 is 0 Å². The van der Waals surface area contributed by atoms with E-state index in [2.05, 4.69) is 11.8 Å². The second kappa shape index (κ2) is 4.73. The number of rotatable bonds is 4. The molecule has 1 fully saturated rings. The van der Waals surface area contributed by atoms with Crippen molar-refractivity contribution in [2.24, 2.45) is 11.7 Å². The Labute approximate surface area is 69.8 Å². The Morgan fingerprint density at radius 1 is 1.55 bits per heavy atom. The molecule has 1 aliphatic rings. The predicted molar refractivity (Wildman–Crippen MR) is 48.5 cm³/mol. The lowest BCUT2D eigenvalue weighted by Crippen LogP contribution is -2.24. The zero-order valence-electron chi connectivity index (χ0n) is 7.55. The third kappa shape index (κ3) is 2.80. The molecule has 1 unspecified atom stereocenters. The van der Waals surface area contributed by atoms with E-state index in [9.17, 15) is 0 Å². The smallest absolute Gasteiger partial charge is 0.00222 e. The van der Waals surface area contributed by atoms with Crippen LogP contribution in [0.2, 0.25) is 0 Å². The van der Waals surface area contributed by atoms with Gasteiger partial charge in [0.25, 0.3) is 0 Å². The standard InChI is InChI=1S/C9H20N2/c1-2-3-5-11-6-4-9(7-10)8-11/h9H,2-8,10H2,1H3. The molecule has 2 heteroatoms. The molecule has 0 aromatic carbocycles. The average Bonchev–Trinajstić information content (AvgIpc) is 2.48. The topological polar surface area (TPSA) is 29.3 Å². The largest absolute Gasteiger partial charge is 0.330 e. The van der Waals surface area contributed by atoms with Gasteiger partial charge in [-0.2, -0.15) is 0 Å². The van der Waals surface area contributed by atoms with E-state index in [0.29, 0.717) is 0 Å². The van der Waals surface area contributed by atoms with E-state index < -0.39 is 0 Å². The van der Waals surface area contributed by atoms with Crippen LogP contribution >= 0.6 is 0 Å². The normalized spacial score (nSPS) is 26.2. The van der Waals surface area contributed by atoms with Gasteiger partial charge in [0.2, 0.25) is 0 Å². The van der Waals surface area contributed by atoms with Crippen molar-refractivity contribution in [3.8, 4) is 0 Å². The summed E-state index contributed by atoms with van der Waals surface area (Å²) in [6.07, 6.45) is 3.97. The Hall–Kier alpha value is -0.0800. The third-order valence-corrected chi connectivity index (χ3v) is 2.53. The Bertz CT molecular complexity index is 104. The number of hydrogen-bond acceptors (Lipinski definition) is 2. The fourth-order valence-electron chi connectivity index (χ4n) is 1.69. The lowest BCUT2D eigenvalue weighted by Gasteiger charge is -2.14. The van der Waals surface area contributed by atoms with Gasteiger partial charge in [-0.05, 0) is 38.4 Å². The first-order valence-corrected chi connectivity index (χ1v) is 4.79. The van der Waals surface area contributed by atoms with Crippen molar-refractivity contribution in [2.75, 3.05) is 26.2 Å². The molecule has 2 N–H and O–H groups in total. The maximum absolute atomic E-state index is 5.60. The van der Waals surface area contributed by atoms with Crippen LogP contribution < -0.4 is 5.73 Å². The number of unbranched alkanes of at least 4 members (excludes halogenated alkanes) is 1. The summed E-state index contributed by atoms with van der Waals surface area (Å²) in [6.45, 7) is 6.93. The van der Waals surface area contributed by atoms with Crippen LogP contribution in [0.3, 0.4) is 0 Å². The molecule has 0 bridgehead atoms. The number of nitrogens with zero attached hydrogens (tertiary/aromatic N) is 1. The maximum Gasteiger partial charge on any atom is 0.00222 e. The van der Waals surface area contributed by atoms with E-state index in [4.69, 9.17) is 5.73 Å². The highest BCUT2D eigenvalue weighted by Crippen LogP contribution is 2.14. The van der Waals surface area contributed by atoms with Crippen LogP contribution in [0.15, 0.2) is 0 Å². The molecule has 0 radical (unpaired) electrons. The van der Waals surface area contributed by atoms with E-state index in [1.165, 1.54) is 38.9 Å². The van der Waals surface area contributed by atoms with Gasteiger partial charge in [0, 0.05) is 6.54 Å². The van der Waals surface area contributed by atoms with E-state index in [0.717, 1.165) is 12.5 Å². The van der Waals surface area contributed by atoms with Gasteiger partial charge in [0.05, 0.1) is 0 Å². The van der Waals surface area contributed by atoms with Crippen molar-refractivity contribution >= 4 is 0 Å². The number of likely N-dealkylation sites (tertiary alicyclic amines) is 1. The van der Waals surface area contributed by atoms with Gasteiger partial charge in [-0.25, -0.2) is 0 Å². The molecule has 2 nitrogen and oxygen atoms in total. The first-order valence-electron chi connectivity index (χ1n) is 4.79. The zero-order valence-corrected chi connectivity index (χ0v) is 7.55. The first kappa shape index (κ1) is 9.01. The highest BCUT2D eigenvalue weighted by molar-refractivity contribution is 4.75. The molecule has 0 aliphatic carbocycles. The van der Waals surface area contributed by atoms with Crippen LogP contribution in [0.5, 0.6) is 0 Å².